The third kappa shape index (κ3) is 5.72. The summed E-state index contributed by atoms with van der Waals surface area (Å²) in [5.74, 6) is -1.30. The largest absolute Gasteiger partial charge is 0.480 e. The lowest BCUT2D eigenvalue weighted by molar-refractivity contribution is 0.0363. The monoisotopic (exact) mass is 572 g/mol. The number of nitrogens with zero attached hydrogens (tertiary/aromatic N) is 4. The molecule has 1 unspecified atom stereocenters. The Labute approximate surface area is 231 Å². The number of hydrogen-bond donors (Lipinski definition) is 3. The molecule has 10 nitrogen and oxygen atoms in total. The van der Waals surface area contributed by atoms with E-state index in [4.69, 9.17) is 15.2 Å². The zero-order chi connectivity index (χ0) is 28.4. The molecule has 1 aliphatic heterocycles. The van der Waals surface area contributed by atoms with E-state index in [2.05, 4.69) is 19.6 Å². The van der Waals surface area contributed by atoms with Crippen molar-refractivity contribution in [1.29, 1.82) is 0 Å². The number of rotatable bonds is 8. The van der Waals surface area contributed by atoms with E-state index in [1.165, 1.54) is 24.0 Å². The van der Waals surface area contributed by atoms with Crippen molar-refractivity contribution in [1.82, 2.24) is 19.4 Å². The van der Waals surface area contributed by atoms with Crippen LogP contribution in [0.2, 0.25) is 0 Å². The molecule has 1 atom stereocenters. The van der Waals surface area contributed by atoms with Crippen LogP contribution in [0.5, 0.6) is 5.88 Å². The predicted octanol–water partition coefficient (Wildman–Crippen LogP) is 3.95. The molecule has 5 rings (SSSR count). The van der Waals surface area contributed by atoms with Gasteiger partial charge < -0.3 is 24.5 Å². The van der Waals surface area contributed by atoms with Gasteiger partial charge in [0.15, 0.2) is 0 Å². The van der Waals surface area contributed by atoms with Crippen LogP contribution in [0.25, 0.3) is 22.0 Å². The van der Waals surface area contributed by atoms with Gasteiger partial charge in [0, 0.05) is 50.3 Å². The third-order valence-corrected chi connectivity index (χ3v) is 8.54. The van der Waals surface area contributed by atoms with Crippen LogP contribution in [0, 0.1) is 11.6 Å². The molecule has 2 aromatic carbocycles. The van der Waals surface area contributed by atoms with Crippen LogP contribution in [0.1, 0.15) is 0 Å². The highest BCUT2D eigenvalue weighted by Gasteiger charge is 2.24. The lowest BCUT2D eigenvalue weighted by Gasteiger charge is -2.32. The van der Waals surface area contributed by atoms with Crippen molar-refractivity contribution in [3.8, 4) is 17.0 Å². The van der Waals surface area contributed by atoms with E-state index in [0.717, 1.165) is 19.2 Å². The number of aromatic nitrogens is 3. The zero-order valence-corrected chi connectivity index (χ0v) is 22.9. The fourth-order valence-electron chi connectivity index (χ4n) is 4.61. The SMILES string of the molecule is COc1ncc(-c2ccc3nc(N)n(CCN4CCOCC4)c(=O)c3c2)cc1NS(C)(O)c1ccc(F)cc1F. The molecule has 0 spiro atoms. The van der Waals surface area contributed by atoms with Gasteiger partial charge in [0.25, 0.3) is 5.56 Å². The second-order valence-corrected chi connectivity index (χ2v) is 11.8. The second-order valence-electron chi connectivity index (χ2n) is 9.45. The molecule has 1 fully saturated rings. The summed E-state index contributed by atoms with van der Waals surface area (Å²) in [6.07, 6.45) is 2.98. The quantitative estimate of drug-likeness (QED) is 0.288. The average molecular weight is 573 g/mol. The smallest absolute Gasteiger partial charge is 0.262 e. The Morgan fingerprint density at radius 3 is 2.62 bits per heavy atom. The van der Waals surface area contributed by atoms with Gasteiger partial charge in [-0.2, -0.15) is 0 Å². The number of hydrogen-bond acceptors (Lipinski definition) is 9. The van der Waals surface area contributed by atoms with Gasteiger partial charge in [0.05, 0.1) is 36.1 Å². The number of nitrogens with one attached hydrogen (secondary N) is 1. The minimum absolute atomic E-state index is 0.0756. The topological polar surface area (TPSA) is 128 Å². The van der Waals surface area contributed by atoms with Crippen molar-refractivity contribution in [3.63, 3.8) is 0 Å². The molecule has 0 aliphatic carbocycles. The van der Waals surface area contributed by atoms with Crippen molar-refractivity contribution in [2.75, 3.05) is 56.7 Å². The molecule has 2 aromatic heterocycles. The van der Waals surface area contributed by atoms with E-state index in [-0.39, 0.29) is 22.3 Å². The van der Waals surface area contributed by atoms with Crippen molar-refractivity contribution < 1.29 is 22.8 Å². The lowest BCUT2D eigenvalue weighted by Crippen LogP contribution is -2.39. The number of methoxy groups -OCH3 is 1. The summed E-state index contributed by atoms with van der Waals surface area (Å²) in [5, 5.41) is 0.394. The number of benzene rings is 2. The number of halogens is 2. The van der Waals surface area contributed by atoms with Crippen LogP contribution in [0.15, 0.2) is 58.4 Å². The Bertz CT molecular complexity index is 1610. The summed E-state index contributed by atoms with van der Waals surface area (Å²) in [4.78, 5) is 24.3. The molecule has 1 saturated heterocycles. The normalized spacial score (nSPS) is 16.4. The summed E-state index contributed by atoms with van der Waals surface area (Å²) in [5.41, 5.74) is 7.91. The molecule has 13 heteroatoms. The molecule has 4 N–H and O–H groups in total. The molecular formula is C27H30F2N6O4S. The summed E-state index contributed by atoms with van der Waals surface area (Å²) in [6.45, 7) is 3.95. The number of pyridine rings is 1. The first-order chi connectivity index (χ1) is 19.2. The standard InChI is InChI=1S/C27H30F2N6O4S/c1-38-25-23(33-40(2,37)24-6-4-19(28)15-21(24)29)14-18(16-31-25)17-3-5-22-20(13-17)26(36)35(27(30)32-22)8-7-34-9-11-39-12-10-34/h3-6,13-16,33,37H,7-12H2,1-2H3,(H2,30,32). The highest BCUT2D eigenvalue weighted by molar-refractivity contribution is 8.29. The average Bonchev–Trinajstić information content (AvgIpc) is 2.93. The predicted molar refractivity (Wildman–Crippen MR) is 152 cm³/mol. The number of nitrogen functional groups attached to an aromatic ring is 1. The molecule has 3 heterocycles. The molecule has 4 aromatic rings. The van der Waals surface area contributed by atoms with E-state index >= 15 is 0 Å². The first kappa shape index (κ1) is 27.8. The van der Waals surface area contributed by atoms with Crippen molar-refractivity contribution >= 4 is 33.0 Å². The molecule has 40 heavy (non-hydrogen) atoms. The van der Waals surface area contributed by atoms with Gasteiger partial charge in [0.1, 0.15) is 17.3 Å². The fourth-order valence-corrected chi connectivity index (χ4v) is 6.07. The maximum atomic E-state index is 14.5. The molecule has 212 valence electrons. The molecule has 0 bridgehead atoms. The maximum Gasteiger partial charge on any atom is 0.262 e. The van der Waals surface area contributed by atoms with Crippen LogP contribution in [0.3, 0.4) is 0 Å². The molecule has 0 radical (unpaired) electrons. The number of anilines is 2. The van der Waals surface area contributed by atoms with Gasteiger partial charge in [-0.1, -0.05) is 6.07 Å². The molecular weight excluding hydrogens is 542 g/mol. The van der Waals surface area contributed by atoms with Crippen LogP contribution in [-0.2, 0) is 11.3 Å². The zero-order valence-electron chi connectivity index (χ0n) is 22.1. The highest BCUT2D eigenvalue weighted by Crippen LogP contribution is 2.51. The van der Waals surface area contributed by atoms with E-state index in [0.29, 0.717) is 60.1 Å². The van der Waals surface area contributed by atoms with Crippen molar-refractivity contribution in [3.05, 3.63) is 70.6 Å². The van der Waals surface area contributed by atoms with Gasteiger partial charge in [-0.3, -0.25) is 14.3 Å². The van der Waals surface area contributed by atoms with Gasteiger partial charge in [-0.15, -0.1) is 0 Å². The number of nitrogens with two attached hydrogens (primary N) is 1. The Kier molecular flexibility index (Phi) is 7.90. The van der Waals surface area contributed by atoms with Gasteiger partial charge >= 0.3 is 0 Å². The Morgan fingerprint density at radius 2 is 1.90 bits per heavy atom. The number of morpholine rings is 1. The summed E-state index contributed by atoms with van der Waals surface area (Å²) in [6, 6.07) is 9.88. The summed E-state index contributed by atoms with van der Waals surface area (Å²) < 4.78 is 54.1. The van der Waals surface area contributed by atoms with Crippen LogP contribution in [-0.4, -0.2) is 70.2 Å². The van der Waals surface area contributed by atoms with Gasteiger partial charge in [-0.25, -0.2) is 18.7 Å². The van der Waals surface area contributed by atoms with Gasteiger partial charge in [-0.05, 0) is 46.4 Å². The number of fused-ring (bicyclic) bond motifs is 1. The van der Waals surface area contributed by atoms with Gasteiger partial charge in [0.2, 0.25) is 11.8 Å². The van der Waals surface area contributed by atoms with Crippen LogP contribution < -0.4 is 20.8 Å². The summed E-state index contributed by atoms with van der Waals surface area (Å²) in [7, 11) is -1.54. The molecule has 0 amide bonds. The highest BCUT2D eigenvalue weighted by atomic mass is 32.3. The lowest BCUT2D eigenvalue weighted by atomic mass is 10.1. The fraction of sp³-hybridized carbons (Fsp3) is 0.296. The maximum absolute atomic E-state index is 14.5. The Hall–Kier alpha value is -3.78. The molecule has 1 aliphatic rings. The van der Waals surface area contributed by atoms with Crippen molar-refractivity contribution in [2.24, 2.45) is 0 Å². The minimum atomic E-state index is -2.96. The van der Waals surface area contributed by atoms with E-state index in [1.54, 1.807) is 30.5 Å². The van der Waals surface area contributed by atoms with E-state index in [9.17, 15) is 18.1 Å². The Balaban J connectivity index is 1.47. The van der Waals surface area contributed by atoms with E-state index in [1.807, 2.05) is 0 Å². The second kappa shape index (κ2) is 11.4. The Morgan fingerprint density at radius 1 is 1.12 bits per heavy atom. The third-order valence-electron chi connectivity index (χ3n) is 6.74. The number of ether oxygens (including phenoxy) is 2. The van der Waals surface area contributed by atoms with Crippen molar-refractivity contribution in [2.45, 2.75) is 11.4 Å². The molecule has 0 saturated carbocycles. The first-order valence-electron chi connectivity index (χ1n) is 12.5. The first-order valence-corrected chi connectivity index (χ1v) is 14.5. The van der Waals surface area contributed by atoms with E-state index < -0.39 is 22.1 Å². The van der Waals surface area contributed by atoms with Crippen LogP contribution >= 0.6 is 10.5 Å². The minimum Gasteiger partial charge on any atom is -0.480 e. The summed E-state index contributed by atoms with van der Waals surface area (Å²) >= 11 is 0. The van der Waals surface area contributed by atoms with Crippen LogP contribution in [0.4, 0.5) is 20.4 Å².